The summed E-state index contributed by atoms with van der Waals surface area (Å²) in [6.07, 6.45) is 0.489. The minimum absolute atomic E-state index is 0.367. The number of carbonyl (C=O) groups excluding carboxylic acids is 1. The predicted octanol–water partition coefficient (Wildman–Crippen LogP) is 5.44. The van der Waals surface area contributed by atoms with Gasteiger partial charge in [-0.3, -0.25) is 0 Å². The molecule has 7 heteroatoms. The molecule has 0 atom stereocenters. The number of amides is 1. The molecule has 1 amide bonds. The highest BCUT2D eigenvalue weighted by Crippen LogP contribution is 2.31. The van der Waals surface area contributed by atoms with E-state index in [2.05, 4.69) is 34.4 Å². The number of benzene rings is 2. The van der Waals surface area contributed by atoms with Gasteiger partial charge in [-0.15, -0.1) is 0 Å². The maximum atomic E-state index is 11.6. The number of nitrogens with zero attached hydrogens (tertiary/aromatic N) is 2. The van der Waals surface area contributed by atoms with Crippen LogP contribution in [0.25, 0.3) is 10.2 Å². The van der Waals surface area contributed by atoms with Crippen LogP contribution < -0.4 is 10.1 Å². The van der Waals surface area contributed by atoms with Crippen LogP contribution >= 0.6 is 11.3 Å². The molecule has 160 valence electrons. The van der Waals surface area contributed by atoms with Crippen molar-refractivity contribution in [3.63, 3.8) is 0 Å². The molecule has 0 spiro atoms. The fourth-order valence-electron chi connectivity index (χ4n) is 2.90. The number of hydrogen-bond acceptors (Lipinski definition) is 6. The fourth-order valence-corrected chi connectivity index (χ4v) is 3.74. The third kappa shape index (κ3) is 7.00. The normalized spacial score (nSPS) is 11.6. The molecule has 0 saturated heterocycles. The lowest BCUT2D eigenvalue weighted by Gasteiger charge is -2.20. The van der Waals surface area contributed by atoms with Crippen LogP contribution in [0.5, 0.6) is 10.9 Å². The Bertz CT molecular complexity index is 931. The van der Waals surface area contributed by atoms with E-state index in [4.69, 9.17) is 9.47 Å². The molecule has 0 aliphatic carbocycles. The van der Waals surface area contributed by atoms with Gasteiger partial charge in [-0.05, 0) is 70.6 Å². The summed E-state index contributed by atoms with van der Waals surface area (Å²) in [5.41, 5.74) is 1.69. The summed E-state index contributed by atoms with van der Waals surface area (Å²) < 4.78 is 12.3. The topological polar surface area (TPSA) is 63.7 Å². The van der Waals surface area contributed by atoms with E-state index in [0.29, 0.717) is 11.7 Å². The summed E-state index contributed by atoms with van der Waals surface area (Å²) in [6, 6.07) is 16.1. The van der Waals surface area contributed by atoms with Crippen molar-refractivity contribution < 1.29 is 14.3 Å². The van der Waals surface area contributed by atoms with Crippen molar-refractivity contribution in [2.75, 3.05) is 20.1 Å². The molecular weight excluding hydrogens is 398 g/mol. The number of nitrogens with one attached hydrogen (secondary N) is 1. The number of aromatic nitrogens is 1. The molecule has 1 N–H and O–H groups in total. The Labute approximate surface area is 181 Å². The van der Waals surface area contributed by atoms with Crippen LogP contribution in [0.15, 0.2) is 48.5 Å². The summed E-state index contributed by atoms with van der Waals surface area (Å²) >= 11 is 1.54. The van der Waals surface area contributed by atoms with Crippen molar-refractivity contribution in [1.82, 2.24) is 15.2 Å². The molecule has 1 heterocycles. The highest BCUT2D eigenvalue weighted by atomic mass is 32.1. The largest absolute Gasteiger partial charge is 0.444 e. The van der Waals surface area contributed by atoms with Gasteiger partial charge >= 0.3 is 6.09 Å². The molecule has 0 radical (unpaired) electrons. The van der Waals surface area contributed by atoms with E-state index < -0.39 is 5.60 Å². The number of hydrogen-bond donors (Lipinski definition) is 1. The van der Waals surface area contributed by atoms with Crippen molar-refractivity contribution in [1.29, 1.82) is 0 Å². The van der Waals surface area contributed by atoms with Crippen molar-refractivity contribution in [2.45, 2.75) is 39.3 Å². The molecule has 3 rings (SSSR count). The van der Waals surface area contributed by atoms with Gasteiger partial charge in [-0.2, -0.15) is 0 Å². The molecule has 2 aromatic carbocycles. The molecule has 0 aliphatic heterocycles. The zero-order valence-corrected chi connectivity index (χ0v) is 18.8. The van der Waals surface area contributed by atoms with Crippen LogP contribution in [0.1, 0.15) is 32.8 Å². The summed E-state index contributed by atoms with van der Waals surface area (Å²) in [4.78, 5) is 18.4. The summed E-state index contributed by atoms with van der Waals surface area (Å²) in [5, 5.41) is 3.44. The Kier molecular flexibility index (Phi) is 7.29. The first-order chi connectivity index (χ1) is 14.3. The molecule has 0 fully saturated rings. The first-order valence-corrected chi connectivity index (χ1v) is 10.9. The second-order valence-electron chi connectivity index (χ2n) is 8.21. The minimum atomic E-state index is -0.468. The number of rotatable bonds is 8. The van der Waals surface area contributed by atoms with Gasteiger partial charge in [0.05, 0.1) is 10.2 Å². The van der Waals surface area contributed by atoms with Gasteiger partial charge in [0.2, 0.25) is 0 Å². The molecular formula is C23H29N3O3S. The third-order valence-electron chi connectivity index (χ3n) is 4.24. The van der Waals surface area contributed by atoms with Crippen LogP contribution in [-0.2, 0) is 11.3 Å². The van der Waals surface area contributed by atoms with Gasteiger partial charge in [-0.25, -0.2) is 9.78 Å². The van der Waals surface area contributed by atoms with E-state index in [1.165, 1.54) is 5.56 Å². The molecule has 0 saturated carbocycles. The van der Waals surface area contributed by atoms with Crippen LogP contribution in [0.3, 0.4) is 0 Å². The van der Waals surface area contributed by atoms with E-state index in [-0.39, 0.29) is 6.09 Å². The molecule has 1 aromatic heterocycles. The predicted molar refractivity (Wildman–Crippen MR) is 121 cm³/mol. The van der Waals surface area contributed by atoms with Gasteiger partial charge in [0.1, 0.15) is 11.4 Å². The summed E-state index contributed by atoms with van der Waals surface area (Å²) in [6.45, 7) is 7.86. The highest BCUT2D eigenvalue weighted by Gasteiger charge is 2.15. The molecule has 0 aliphatic rings. The zero-order chi connectivity index (χ0) is 21.6. The molecule has 30 heavy (non-hydrogen) atoms. The van der Waals surface area contributed by atoms with Crippen LogP contribution in [0.4, 0.5) is 4.79 Å². The number of carbonyl (C=O) groups is 1. The van der Waals surface area contributed by atoms with Crippen LogP contribution in [0.2, 0.25) is 0 Å². The van der Waals surface area contributed by atoms with E-state index in [1.807, 2.05) is 57.2 Å². The average Bonchev–Trinajstić information content (AvgIpc) is 3.08. The summed E-state index contributed by atoms with van der Waals surface area (Å²) in [5.74, 6) is 0.780. The van der Waals surface area contributed by atoms with Crippen LogP contribution in [-0.4, -0.2) is 41.7 Å². The van der Waals surface area contributed by atoms with Gasteiger partial charge in [0.15, 0.2) is 0 Å². The SMILES string of the molecule is CN(CCCNC(=O)OC(C)(C)C)Cc1ccc(Oc2nc3ccccc3s2)cc1. The first kappa shape index (κ1) is 22.1. The maximum Gasteiger partial charge on any atom is 0.407 e. The van der Waals surface area contributed by atoms with Crippen molar-refractivity contribution in [2.24, 2.45) is 0 Å². The number of thiazole rings is 1. The van der Waals surface area contributed by atoms with E-state index >= 15 is 0 Å². The van der Waals surface area contributed by atoms with Gasteiger partial charge in [0, 0.05) is 13.1 Å². The second kappa shape index (κ2) is 9.91. The zero-order valence-electron chi connectivity index (χ0n) is 18.0. The Morgan fingerprint density at radius 1 is 1.13 bits per heavy atom. The Morgan fingerprint density at radius 3 is 2.57 bits per heavy atom. The number of para-hydroxylation sites is 1. The maximum absolute atomic E-state index is 11.6. The lowest BCUT2D eigenvalue weighted by Crippen LogP contribution is -2.34. The smallest absolute Gasteiger partial charge is 0.407 e. The quantitative estimate of drug-likeness (QED) is 0.485. The lowest BCUT2D eigenvalue weighted by molar-refractivity contribution is 0.0526. The van der Waals surface area contributed by atoms with Gasteiger partial charge < -0.3 is 19.7 Å². The van der Waals surface area contributed by atoms with E-state index in [1.54, 1.807) is 11.3 Å². The molecule has 6 nitrogen and oxygen atoms in total. The first-order valence-electron chi connectivity index (χ1n) is 10.1. The molecule has 3 aromatic rings. The number of fused-ring (bicyclic) bond motifs is 1. The van der Waals surface area contributed by atoms with Crippen LogP contribution in [0, 0.1) is 0 Å². The van der Waals surface area contributed by atoms with Gasteiger partial charge in [-0.1, -0.05) is 35.6 Å². The Morgan fingerprint density at radius 2 is 1.87 bits per heavy atom. The monoisotopic (exact) mass is 427 g/mol. The van der Waals surface area contributed by atoms with Crippen molar-refractivity contribution in [3.05, 3.63) is 54.1 Å². The molecule has 0 bridgehead atoms. The highest BCUT2D eigenvalue weighted by molar-refractivity contribution is 7.20. The lowest BCUT2D eigenvalue weighted by atomic mass is 10.2. The van der Waals surface area contributed by atoms with Crippen molar-refractivity contribution in [3.8, 4) is 10.9 Å². The molecule has 0 unspecified atom stereocenters. The van der Waals surface area contributed by atoms with Gasteiger partial charge in [0.25, 0.3) is 5.19 Å². The van der Waals surface area contributed by atoms with Crippen molar-refractivity contribution >= 4 is 27.6 Å². The standard InChI is InChI=1S/C23H29N3O3S/c1-23(2,3)29-21(27)24-14-7-15-26(4)16-17-10-12-18(13-11-17)28-22-25-19-8-5-6-9-20(19)30-22/h5-6,8-13H,7,14-16H2,1-4H3,(H,24,27). The minimum Gasteiger partial charge on any atom is -0.444 e. The second-order valence-corrected chi connectivity index (χ2v) is 9.21. The Balaban J connectivity index is 1.41. The summed E-state index contributed by atoms with van der Waals surface area (Å²) in [7, 11) is 2.07. The third-order valence-corrected chi connectivity index (χ3v) is 5.15. The average molecular weight is 428 g/mol. The fraction of sp³-hybridized carbons (Fsp3) is 0.391. The number of alkyl carbamates (subject to hydrolysis) is 1. The van der Waals surface area contributed by atoms with E-state index in [0.717, 1.165) is 35.5 Å². The van der Waals surface area contributed by atoms with E-state index in [9.17, 15) is 4.79 Å². The number of ether oxygens (including phenoxy) is 2. The Hall–Kier alpha value is -2.64.